The van der Waals surface area contributed by atoms with Crippen LogP contribution in [0.2, 0.25) is 18.1 Å². The van der Waals surface area contributed by atoms with Gasteiger partial charge in [-0.2, -0.15) is 0 Å². The molecule has 0 aliphatic rings. The van der Waals surface area contributed by atoms with Gasteiger partial charge in [-0.05, 0) is 53.1 Å². The fourth-order valence-corrected chi connectivity index (χ4v) is 3.05. The van der Waals surface area contributed by atoms with Crippen molar-refractivity contribution in [3.05, 3.63) is 28.5 Å². The van der Waals surface area contributed by atoms with Gasteiger partial charge in [0.2, 0.25) is 0 Å². The molecular weight excluding hydrogens is 294 g/mol. The molecule has 0 fully saturated rings. The molecule has 0 radical (unpaired) electrons. The molecule has 4 heteroatoms. The average Bonchev–Trinajstić information content (AvgIpc) is 2.15. The van der Waals surface area contributed by atoms with E-state index in [1.54, 1.807) is 0 Å². The van der Waals surface area contributed by atoms with E-state index in [9.17, 15) is 0 Å². The SMILES string of the molecule is CC(O[Si](C)(C)C(C)(C)C)c1cccc(Br)n1. The van der Waals surface area contributed by atoms with Crippen molar-refractivity contribution < 1.29 is 4.43 Å². The summed E-state index contributed by atoms with van der Waals surface area (Å²) in [6, 6.07) is 5.95. The molecule has 0 saturated heterocycles. The zero-order valence-electron chi connectivity index (χ0n) is 11.5. The van der Waals surface area contributed by atoms with Crippen molar-refractivity contribution in [1.82, 2.24) is 4.98 Å². The molecule has 0 amide bonds. The molecule has 17 heavy (non-hydrogen) atoms. The van der Waals surface area contributed by atoms with E-state index >= 15 is 0 Å². The number of hydrogen-bond donors (Lipinski definition) is 0. The van der Waals surface area contributed by atoms with Gasteiger partial charge in [0.25, 0.3) is 0 Å². The van der Waals surface area contributed by atoms with Crippen LogP contribution in [-0.2, 0) is 4.43 Å². The topological polar surface area (TPSA) is 22.1 Å². The van der Waals surface area contributed by atoms with Gasteiger partial charge in [-0.15, -0.1) is 0 Å². The molecule has 1 rings (SSSR count). The predicted octanol–water partition coefficient (Wildman–Crippen LogP) is 4.93. The zero-order valence-corrected chi connectivity index (χ0v) is 14.1. The molecule has 0 aliphatic carbocycles. The van der Waals surface area contributed by atoms with Gasteiger partial charge in [0, 0.05) is 0 Å². The first kappa shape index (κ1) is 14.9. The van der Waals surface area contributed by atoms with Crippen molar-refractivity contribution in [1.29, 1.82) is 0 Å². The Morgan fingerprint density at radius 3 is 2.35 bits per heavy atom. The van der Waals surface area contributed by atoms with E-state index in [0.29, 0.717) is 0 Å². The minimum absolute atomic E-state index is 0.0494. The summed E-state index contributed by atoms with van der Waals surface area (Å²) in [5.74, 6) is 0. The van der Waals surface area contributed by atoms with Crippen molar-refractivity contribution in [2.24, 2.45) is 0 Å². The highest BCUT2D eigenvalue weighted by molar-refractivity contribution is 9.10. The molecule has 1 heterocycles. The summed E-state index contributed by atoms with van der Waals surface area (Å²) < 4.78 is 7.16. The Morgan fingerprint density at radius 2 is 1.88 bits per heavy atom. The molecule has 1 aromatic rings. The Kier molecular flexibility index (Phi) is 4.55. The number of rotatable bonds is 3. The minimum Gasteiger partial charge on any atom is -0.409 e. The van der Waals surface area contributed by atoms with Crippen LogP contribution >= 0.6 is 15.9 Å². The highest BCUT2D eigenvalue weighted by Crippen LogP contribution is 2.39. The quantitative estimate of drug-likeness (QED) is 0.583. The van der Waals surface area contributed by atoms with Gasteiger partial charge >= 0.3 is 0 Å². The maximum atomic E-state index is 6.30. The summed E-state index contributed by atoms with van der Waals surface area (Å²) in [4.78, 5) is 4.45. The second-order valence-electron chi connectivity index (χ2n) is 5.91. The first-order valence-electron chi connectivity index (χ1n) is 5.94. The van der Waals surface area contributed by atoms with Crippen molar-refractivity contribution in [2.75, 3.05) is 0 Å². The van der Waals surface area contributed by atoms with Gasteiger partial charge in [-0.25, -0.2) is 4.98 Å². The fourth-order valence-electron chi connectivity index (χ4n) is 1.33. The molecule has 1 atom stereocenters. The predicted molar refractivity (Wildman–Crippen MR) is 78.6 cm³/mol. The first-order chi connectivity index (χ1) is 7.63. The van der Waals surface area contributed by atoms with Gasteiger partial charge in [0.1, 0.15) is 4.60 Å². The molecule has 2 nitrogen and oxygen atoms in total. The summed E-state index contributed by atoms with van der Waals surface area (Å²) in [5.41, 5.74) is 0.990. The molecule has 1 aromatic heterocycles. The van der Waals surface area contributed by atoms with Gasteiger partial charge in [-0.1, -0.05) is 26.8 Å². The number of halogens is 1. The van der Waals surface area contributed by atoms with Crippen LogP contribution in [-0.4, -0.2) is 13.3 Å². The summed E-state index contributed by atoms with van der Waals surface area (Å²) in [6.07, 6.45) is 0.0494. The normalized spacial score (nSPS) is 14.8. The van der Waals surface area contributed by atoms with E-state index in [-0.39, 0.29) is 11.1 Å². The Bertz CT molecular complexity index is 387. The van der Waals surface area contributed by atoms with Crippen LogP contribution in [0.4, 0.5) is 0 Å². The van der Waals surface area contributed by atoms with Gasteiger partial charge in [0.15, 0.2) is 8.32 Å². The molecule has 0 aliphatic heterocycles. The molecule has 1 unspecified atom stereocenters. The lowest BCUT2D eigenvalue weighted by Gasteiger charge is -2.38. The third-order valence-electron chi connectivity index (χ3n) is 3.43. The molecule has 96 valence electrons. The molecule has 0 aromatic carbocycles. The summed E-state index contributed by atoms with van der Waals surface area (Å²) >= 11 is 3.39. The van der Waals surface area contributed by atoms with E-state index in [1.165, 1.54) is 0 Å². The average molecular weight is 316 g/mol. The molecule has 0 spiro atoms. The third kappa shape index (κ3) is 3.90. The van der Waals surface area contributed by atoms with Crippen molar-refractivity contribution in [2.45, 2.75) is 51.9 Å². The van der Waals surface area contributed by atoms with E-state index in [2.05, 4.69) is 61.7 Å². The van der Waals surface area contributed by atoms with E-state index < -0.39 is 8.32 Å². The number of hydrogen-bond acceptors (Lipinski definition) is 2. The molecular formula is C13H22BrNOSi. The lowest BCUT2D eigenvalue weighted by Crippen LogP contribution is -2.41. The molecule has 0 bridgehead atoms. The van der Waals surface area contributed by atoms with Crippen LogP contribution in [0.15, 0.2) is 22.8 Å². The second-order valence-corrected chi connectivity index (χ2v) is 11.5. The Hall–Kier alpha value is -0.193. The Labute approximate surface area is 114 Å². The van der Waals surface area contributed by atoms with E-state index in [4.69, 9.17) is 4.43 Å². The monoisotopic (exact) mass is 315 g/mol. The summed E-state index contributed by atoms with van der Waals surface area (Å²) in [6.45, 7) is 13.4. The molecule has 0 saturated carbocycles. The van der Waals surface area contributed by atoms with Gasteiger partial charge < -0.3 is 4.43 Å². The van der Waals surface area contributed by atoms with Crippen LogP contribution in [0.1, 0.15) is 39.5 Å². The highest BCUT2D eigenvalue weighted by atomic mass is 79.9. The largest absolute Gasteiger partial charge is 0.409 e. The van der Waals surface area contributed by atoms with E-state index in [0.717, 1.165) is 10.3 Å². The van der Waals surface area contributed by atoms with Gasteiger partial charge in [0.05, 0.1) is 11.8 Å². The lowest BCUT2D eigenvalue weighted by atomic mass is 10.2. The maximum absolute atomic E-state index is 6.30. The van der Waals surface area contributed by atoms with E-state index in [1.807, 2.05) is 18.2 Å². The zero-order chi connectivity index (χ0) is 13.3. The number of pyridine rings is 1. The minimum atomic E-state index is -1.72. The van der Waals surface area contributed by atoms with Crippen LogP contribution in [0.3, 0.4) is 0 Å². The third-order valence-corrected chi connectivity index (χ3v) is 8.43. The summed E-state index contributed by atoms with van der Waals surface area (Å²) in [5, 5.41) is 0.229. The van der Waals surface area contributed by atoms with Crippen LogP contribution in [0, 0.1) is 0 Å². The van der Waals surface area contributed by atoms with Gasteiger partial charge in [-0.3, -0.25) is 0 Å². The first-order valence-corrected chi connectivity index (χ1v) is 9.64. The lowest BCUT2D eigenvalue weighted by molar-refractivity contribution is 0.198. The highest BCUT2D eigenvalue weighted by Gasteiger charge is 2.38. The number of nitrogens with zero attached hydrogens (tertiary/aromatic N) is 1. The standard InChI is InChI=1S/C13H22BrNOSi/c1-10(11-8-7-9-12(14)15-11)16-17(5,6)13(2,3)4/h7-10H,1-6H3. The van der Waals surface area contributed by atoms with Crippen LogP contribution in [0.25, 0.3) is 0 Å². The summed E-state index contributed by atoms with van der Waals surface area (Å²) in [7, 11) is -1.72. The maximum Gasteiger partial charge on any atom is 0.192 e. The Balaban J connectivity index is 2.83. The van der Waals surface area contributed by atoms with Crippen molar-refractivity contribution in [3.63, 3.8) is 0 Å². The molecule has 0 N–H and O–H groups in total. The van der Waals surface area contributed by atoms with Crippen molar-refractivity contribution in [3.8, 4) is 0 Å². The number of aromatic nitrogens is 1. The second kappa shape index (κ2) is 5.20. The van der Waals surface area contributed by atoms with Crippen molar-refractivity contribution >= 4 is 24.2 Å². The van der Waals surface area contributed by atoms with Crippen LogP contribution < -0.4 is 0 Å². The smallest absolute Gasteiger partial charge is 0.192 e. The van der Waals surface area contributed by atoms with Crippen LogP contribution in [0.5, 0.6) is 0 Å². The fraction of sp³-hybridized carbons (Fsp3) is 0.615. The Morgan fingerprint density at radius 1 is 1.29 bits per heavy atom.